The molecule has 1 aromatic heterocycles. The Morgan fingerprint density at radius 3 is 2.81 bits per heavy atom. The lowest BCUT2D eigenvalue weighted by molar-refractivity contribution is 0.415. The number of nitrogen functional groups attached to an aromatic ring is 1. The fraction of sp³-hybridized carbons (Fsp3) is 0.438. The Hall–Kier alpha value is -1.49. The van der Waals surface area contributed by atoms with Gasteiger partial charge in [-0.05, 0) is 37.5 Å². The second-order valence-corrected chi connectivity index (χ2v) is 6.33. The quantitative estimate of drug-likeness (QED) is 0.880. The van der Waals surface area contributed by atoms with E-state index in [1.807, 2.05) is 18.2 Å². The molecule has 1 fully saturated rings. The smallest absolute Gasteiger partial charge is 0.131 e. The number of hydrogen-bond acceptors (Lipinski definition) is 3. The van der Waals surface area contributed by atoms with Gasteiger partial charge in [-0.25, -0.2) is 4.98 Å². The van der Waals surface area contributed by atoms with Gasteiger partial charge in [-0.2, -0.15) is 0 Å². The highest BCUT2D eigenvalue weighted by molar-refractivity contribution is 9.10. The van der Waals surface area contributed by atoms with Crippen molar-refractivity contribution in [3.63, 3.8) is 0 Å². The van der Waals surface area contributed by atoms with Crippen molar-refractivity contribution in [2.75, 3.05) is 12.8 Å². The second-order valence-electron chi connectivity index (χ2n) is 5.48. The molecule has 0 amide bonds. The predicted molar refractivity (Wildman–Crippen MR) is 88.6 cm³/mol. The van der Waals surface area contributed by atoms with Crippen molar-refractivity contribution in [1.82, 2.24) is 9.55 Å². The molecule has 1 aromatic carbocycles. The number of anilines is 1. The maximum absolute atomic E-state index is 6.39. The number of nitrogens with two attached hydrogens (primary N) is 1. The molecule has 1 aliphatic rings. The molecule has 0 spiro atoms. The summed E-state index contributed by atoms with van der Waals surface area (Å²) in [6.45, 7) is 3.09. The van der Waals surface area contributed by atoms with Crippen LogP contribution in [0.1, 0.15) is 37.9 Å². The van der Waals surface area contributed by atoms with E-state index in [2.05, 4.69) is 27.4 Å². The molecule has 0 atom stereocenters. The first-order chi connectivity index (χ1) is 10.2. The van der Waals surface area contributed by atoms with Crippen LogP contribution in [0.3, 0.4) is 0 Å². The summed E-state index contributed by atoms with van der Waals surface area (Å²) in [6, 6.07) is 5.88. The minimum atomic E-state index is 0.581. The van der Waals surface area contributed by atoms with E-state index in [0.29, 0.717) is 5.92 Å². The van der Waals surface area contributed by atoms with E-state index in [4.69, 9.17) is 15.5 Å². The molecule has 5 heteroatoms. The molecule has 2 N–H and O–H groups in total. The standard InChI is InChI=1S/C16H20BrN3O/c1-3-8-20-15(18)14(19-16(20)10-4-5-10)12-9-11(21-2)6-7-13(12)17/h6-7,9-10H,3-5,8,18H2,1-2H3. The van der Waals surface area contributed by atoms with Gasteiger partial charge in [-0.15, -0.1) is 0 Å². The zero-order valence-corrected chi connectivity index (χ0v) is 14.0. The van der Waals surface area contributed by atoms with Crippen LogP contribution < -0.4 is 10.5 Å². The lowest BCUT2D eigenvalue weighted by atomic mass is 10.1. The van der Waals surface area contributed by atoms with Crippen molar-refractivity contribution >= 4 is 21.7 Å². The average Bonchev–Trinajstić information content (AvgIpc) is 3.27. The van der Waals surface area contributed by atoms with Crippen LogP contribution in [-0.4, -0.2) is 16.7 Å². The summed E-state index contributed by atoms with van der Waals surface area (Å²) < 4.78 is 8.48. The van der Waals surface area contributed by atoms with E-state index in [9.17, 15) is 0 Å². The first-order valence-electron chi connectivity index (χ1n) is 7.35. The number of hydrogen-bond donors (Lipinski definition) is 1. The summed E-state index contributed by atoms with van der Waals surface area (Å²) in [5.41, 5.74) is 8.23. The zero-order valence-electron chi connectivity index (χ0n) is 12.4. The largest absolute Gasteiger partial charge is 0.497 e. The lowest BCUT2D eigenvalue weighted by Crippen LogP contribution is -2.06. The van der Waals surface area contributed by atoms with Gasteiger partial charge in [0.1, 0.15) is 23.1 Å². The van der Waals surface area contributed by atoms with Gasteiger partial charge in [0.05, 0.1) is 7.11 Å². The lowest BCUT2D eigenvalue weighted by Gasteiger charge is -2.08. The number of ether oxygens (including phenoxy) is 1. The topological polar surface area (TPSA) is 53.1 Å². The number of methoxy groups -OCH3 is 1. The highest BCUT2D eigenvalue weighted by Crippen LogP contribution is 2.43. The second kappa shape index (κ2) is 5.72. The summed E-state index contributed by atoms with van der Waals surface area (Å²) in [5.74, 6) is 3.29. The molecule has 0 bridgehead atoms. The Balaban J connectivity index is 2.12. The van der Waals surface area contributed by atoms with Crippen LogP contribution in [0.25, 0.3) is 11.3 Å². The Bertz CT molecular complexity index is 662. The highest BCUT2D eigenvalue weighted by Gasteiger charge is 2.31. The normalized spacial score (nSPS) is 14.4. The molecule has 0 unspecified atom stereocenters. The summed E-state index contributed by atoms with van der Waals surface area (Å²) >= 11 is 3.60. The molecule has 1 heterocycles. The maximum atomic E-state index is 6.39. The van der Waals surface area contributed by atoms with Gasteiger partial charge < -0.3 is 15.0 Å². The summed E-state index contributed by atoms with van der Waals surface area (Å²) in [7, 11) is 1.67. The van der Waals surface area contributed by atoms with Crippen molar-refractivity contribution in [3.05, 3.63) is 28.5 Å². The predicted octanol–water partition coefficient (Wildman–Crippen LogP) is 4.19. The van der Waals surface area contributed by atoms with Gasteiger partial charge in [0.25, 0.3) is 0 Å². The SMILES string of the molecule is CCCn1c(C2CC2)nc(-c2cc(OC)ccc2Br)c1N. The van der Waals surface area contributed by atoms with Gasteiger partial charge >= 0.3 is 0 Å². The number of imidazole rings is 1. The van der Waals surface area contributed by atoms with Gasteiger partial charge in [-0.1, -0.05) is 22.9 Å². The van der Waals surface area contributed by atoms with Crippen LogP contribution in [0.15, 0.2) is 22.7 Å². The monoisotopic (exact) mass is 349 g/mol. The van der Waals surface area contributed by atoms with E-state index in [1.54, 1.807) is 7.11 Å². The molecule has 21 heavy (non-hydrogen) atoms. The van der Waals surface area contributed by atoms with Crippen LogP contribution in [0.4, 0.5) is 5.82 Å². The fourth-order valence-electron chi connectivity index (χ4n) is 2.61. The Morgan fingerprint density at radius 1 is 1.43 bits per heavy atom. The molecular formula is C16H20BrN3O. The van der Waals surface area contributed by atoms with Crippen LogP contribution in [0.2, 0.25) is 0 Å². The third-order valence-electron chi connectivity index (χ3n) is 3.85. The number of nitrogens with zero attached hydrogens (tertiary/aromatic N) is 2. The molecule has 2 aromatic rings. The molecule has 0 aliphatic heterocycles. The van der Waals surface area contributed by atoms with Gasteiger partial charge in [-0.3, -0.25) is 0 Å². The molecule has 112 valence electrons. The van der Waals surface area contributed by atoms with Crippen molar-refractivity contribution in [2.45, 2.75) is 38.6 Å². The summed E-state index contributed by atoms with van der Waals surface area (Å²) in [5, 5.41) is 0. The Labute approximate surface area is 133 Å². The molecule has 3 rings (SSSR count). The third-order valence-corrected chi connectivity index (χ3v) is 4.55. The van der Waals surface area contributed by atoms with Crippen molar-refractivity contribution in [2.24, 2.45) is 0 Å². The number of rotatable bonds is 5. The van der Waals surface area contributed by atoms with Crippen LogP contribution in [-0.2, 0) is 6.54 Å². The minimum absolute atomic E-state index is 0.581. The van der Waals surface area contributed by atoms with Crippen LogP contribution >= 0.6 is 15.9 Å². The molecule has 4 nitrogen and oxygen atoms in total. The van der Waals surface area contributed by atoms with E-state index >= 15 is 0 Å². The van der Waals surface area contributed by atoms with E-state index in [-0.39, 0.29) is 0 Å². The van der Waals surface area contributed by atoms with Crippen LogP contribution in [0.5, 0.6) is 5.75 Å². The summed E-state index contributed by atoms with van der Waals surface area (Å²) in [4.78, 5) is 4.85. The third kappa shape index (κ3) is 2.67. The Morgan fingerprint density at radius 2 is 2.19 bits per heavy atom. The van der Waals surface area contributed by atoms with E-state index < -0.39 is 0 Å². The number of aromatic nitrogens is 2. The van der Waals surface area contributed by atoms with Crippen molar-refractivity contribution < 1.29 is 4.74 Å². The number of halogens is 1. The highest BCUT2D eigenvalue weighted by atomic mass is 79.9. The first-order valence-corrected chi connectivity index (χ1v) is 8.14. The first kappa shape index (κ1) is 14.4. The maximum Gasteiger partial charge on any atom is 0.131 e. The molecule has 0 saturated heterocycles. The minimum Gasteiger partial charge on any atom is -0.497 e. The molecule has 1 aliphatic carbocycles. The van der Waals surface area contributed by atoms with Crippen molar-refractivity contribution in [3.8, 4) is 17.0 Å². The summed E-state index contributed by atoms with van der Waals surface area (Å²) in [6.07, 6.45) is 3.50. The average molecular weight is 350 g/mol. The molecule has 1 saturated carbocycles. The van der Waals surface area contributed by atoms with E-state index in [0.717, 1.165) is 46.1 Å². The van der Waals surface area contributed by atoms with Crippen molar-refractivity contribution in [1.29, 1.82) is 0 Å². The van der Waals surface area contributed by atoms with Gasteiger partial charge in [0, 0.05) is 22.5 Å². The number of benzene rings is 1. The van der Waals surface area contributed by atoms with Crippen LogP contribution in [0, 0.1) is 0 Å². The zero-order chi connectivity index (χ0) is 15.0. The van der Waals surface area contributed by atoms with Gasteiger partial charge in [0.2, 0.25) is 0 Å². The molecular weight excluding hydrogens is 330 g/mol. The van der Waals surface area contributed by atoms with E-state index in [1.165, 1.54) is 12.8 Å². The Kier molecular flexibility index (Phi) is 3.93. The fourth-order valence-corrected chi connectivity index (χ4v) is 3.04. The molecule has 0 radical (unpaired) electrons. The van der Waals surface area contributed by atoms with Gasteiger partial charge in [0.15, 0.2) is 0 Å².